The molecule has 43 heavy (non-hydrogen) atoms. The Balaban J connectivity index is 1.40. The number of H-pyrrole nitrogens is 1. The van der Waals surface area contributed by atoms with E-state index in [0.29, 0.717) is 59.3 Å². The summed E-state index contributed by atoms with van der Waals surface area (Å²) in [4.78, 5) is 30.5. The van der Waals surface area contributed by atoms with Crippen molar-refractivity contribution in [1.29, 1.82) is 0 Å². The van der Waals surface area contributed by atoms with Crippen LogP contribution in [0.25, 0.3) is 32.9 Å². The summed E-state index contributed by atoms with van der Waals surface area (Å²) in [7, 11) is 4.12. The molecular formula is C32H36ClFN8O. The number of hydrogen-bond acceptors (Lipinski definition) is 7. The molecule has 4 aromatic rings. The van der Waals surface area contributed by atoms with E-state index in [9.17, 15) is 4.79 Å². The van der Waals surface area contributed by atoms with Crippen LogP contribution < -0.4 is 9.80 Å². The van der Waals surface area contributed by atoms with Crippen LogP contribution in [0.3, 0.4) is 0 Å². The van der Waals surface area contributed by atoms with Crippen molar-refractivity contribution in [1.82, 2.24) is 30.0 Å². The molecule has 2 saturated heterocycles. The average Bonchev–Trinajstić information content (AvgIpc) is 3.71. The highest BCUT2D eigenvalue weighted by molar-refractivity contribution is 6.35. The molecule has 1 N–H and O–H groups in total. The van der Waals surface area contributed by atoms with E-state index in [1.54, 1.807) is 0 Å². The van der Waals surface area contributed by atoms with Crippen LogP contribution in [0, 0.1) is 12.7 Å². The van der Waals surface area contributed by atoms with Crippen LogP contribution in [-0.4, -0.2) is 94.8 Å². The summed E-state index contributed by atoms with van der Waals surface area (Å²) >= 11 is 7.02. The molecule has 3 aliphatic rings. The molecule has 9 nitrogen and oxygen atoms in total. The Morgan fingerprint density at radius 3 is 2.58 bits per heavy atom. The first kappa shape index (κ1) is 28.0. The minimum absolute atomic E-state index is 0.0726. The number of rotatable bonds is 6. The molecule has 0 unspecified atom stereocenters. The monoisotopic (exact) mass is 602 g/mol. The van der Waals surface area contributed by atoms with Gasteiger partial charge in [0, 0.05) is 72.6 Å². The topological polar surface area (TPSA) is 84.5 Å². The molecule has 11 heteroatoms. The second kappa shape index (κ2) is 10.4. The lowest BCUT2D eigenvalue weighted by atomic mass is 9.93. The summed E-state index contributed by atoms with van der Waals surface area (Å²) in [5, 5.41) is 9.59. The van der Waals surface area contributed by atoms with E-state index in [1.165, 1.54) is 6.08 Å². The fourth-order valence-electron chi connectivity index (χ4n) is 6.54. The first-order valence-electron chi connectivity index (χ1n) is 14.9. The van der Waals surface area contributed by atoms with Gasteiger partial charge in [-0.1, -0.05) is 24.2 Å². The van der Waals surface area contributed by atoms with Gasteiger partial charge in [0.2, 0.25) is 11.9 Å². The highest BCUT2D eigenvalue weighted by Gasteiger charge is 2.35. The summed E-state index contributed by atoms with van der Waals surface area (Å²) in [5.41, 5.74) is 4.14. The molecule has 3 fully saturated rings. The van der Waals surface area contributed by atoms with Gasteiger partial charge in [0.05, 0.1) is 16.2 Å². The number of carbonyl (C=O) groups excluding carboxylic acids is 1. The molecule has 1 amide bonds. The minimum Gasteiger partial charge on any atom is -0.352 e. The van der Waals surface area contributed by atoms with Crippen molar-refractivity contribution in [3.63, 3.8) is 0 Å². The number of aryl methyl sites for hydroxylation is 1. The van der Waals surface area contributed by atoms with Crippen LogP contribution in [0.1, 0.15) is 36.9 Å². The van der Waals surface area contributed by atoms with Gasteiger partial charge in [0.25, 0.3) is 0 Å². The van der Waals surface area contributed by atoms with Gasteiger partial charge in [-0.05, 0) is 64.6 Å². The average molecular weight is 603 g/mol. The van der Waals surface area contributed by atoms with Crippen molar-refractivity contribution in [2.45, 2.75) is 44.7 Å². The zero-order valence-corrected chi connectivity index (χ0v) is 25.7. The Morgan fingerprint density at radius 2 is 1.91 bits per heavy atom. The first-order chi connectivity index (χ1) is 20.7. The van der Waals surface area contributed by atoms with E-state index < -0.39 is 5.82 Å². The zero-order chi connectivity index (χ0) is 30.2. The third kappa shape index (κ3) is 4.62. The molecule has 1 saturated carbocycles. The second-order valence-corrected chi connectivity index (χ2v) is 12.8. The molecule has 224 valence electrons. The highest BCUT2D eigenvalue weighted by atomic mass is 35.5. The normalized spacial score (nSPS) is 19.5. The summed E-state index contributed by atoms with van der Waals surface area (Å²) in [5.74, 6) is 0.965. The number of carbonyl (C=O) groups is 1. The van der Waals surface area contributed by atoms with Crippen molar-refractivity contribution < 1.29 is 9.18 Å². The SMILES string of the molecule is C=CC(=O)N1CCN(c2nc(N3CC(N(C)C)C3)nc3c(F)c(-c4c(C)ccc5[nH]nc(C6CC6)c45)c(Cl)cc23)C[C@H]1C. The van der Waals surface area contributed by atoms with E-state index in [2.05, 4.69) is 45.6 Å². The third-order valence-electron chi connectivity index (χ3n) is 9.29. The van der Waals surface area contributed by atoms with Crippen molar-refractivity contribution in [3.8, 4) is 11.1 Å². The van der Waals surface area contributed by atoms with Crippen LogP contribution in [0.15, 0.2) is 30.9 Å². The van der Waals surface area contributed by atoms with Crippen LogP contribution in [0.2, 0.25) is 5.02 Å². The minimum atomic E-state index is -0.454. The number of halogens is 2. The molecule has 4 heterocycles. The largest absolute Gasteiger partial charge is 0.352 e. The summed E-state index contributed by atoms with van der Waals surface area (Å²) in [6.45, 7) is 10.8. The maximum Gasteiger partial charge on any atom is 0.246 e. The summed E-state index contributed by atoms with van der Waals surface area (Å²) in [6.07, 6.45) is 3.51. The van der Waals surface area contributed by atoms with E-state index >= 15 is 4.39 Å². The number of anilines is 2. The highest BCUT2D eigenvalue weighted by Crippen LogP contribution is 2.48. The maximum atomic E-state index is 17.1. The number of likely N-dealkylation sites (N-methyl/N-ethyl adjacent to an activating group) is 1. The van der Waals surface area contributed by atoms with Gasteiger partial charge in [-0.3, -0.25) is 9.89 Å². The molecule has 1 atom stereocenters. The number of amides is 1. The fraction of sp³-hybridized carbons (Fsp3) is 0.438. The standard InChI is InChI=1S/C32H36ClFN8O/c1-6-24(43)42-12-11-40(14-18(42)3)31-21-13-22(33)26(25-17(2)7-10-23-27(25)29(38-37-23)19-8-9-19)28(34)30(21)35-32(36-31)41-15-20(16-41)39(4)5/h6-7,10,13,18-20H,1,8-9,11-12,14-16H2,2-5H3,(H,37,38)/t18-/m1/s1. The van der Waals surface area contributed by atoms with E-state index in [4.69, 9.17) is 21.6 Å². The van der Waals surface area contributed by atoms with Crippen molar-refractivity contribution >= 4 is 51.1 Å². The molecule has 0 spiro atoms. The Labute approximate surface area is 255 Å². The van der Waals surface area contributed by atoms with Gasteiger partial charge in [-0.2, -0.15) is 10.1 Å². The first-order valence-corrected chi connectivity index (χ1v) is 15.3. The van der Waals surface area contributed by atoms with Crippen molar-refractivity contribution in [2.75, 3.05) is 56.6 Å². The number of aromatic amines is 1. The van der Waals surface area contributed by atoms with Crippen LogP contribution in [0.5, 0.6) is 0 Å². The quantitative estimate of drug-likeness (QED) is 0.307. The lowest BCUT2D eigenvalue weighted by Gasteiger charge is -2.43. The Kier molecular flexibility index (Phi) is 6.81. The number of hydrogen-bond donors (Lipinski definition) is 1. The van der Waals surface area contributed by atoms with Gasteiger partial charge >= 0.3 is 0 Å². The zero-order valence-electron chi connectivity index (χ0n) is 25.0. The Hall–Kier alpha value is -3.76. The Morgan fingerprint density at radius 1 is 1.14 bits per heavy atom. The van der Waals surface area contributed by atoms with Crippen LogP contribution in [-0.2, 0) is 4.79 Å². The number of aromatic nitrogens is 4. The molecular weight excluding hydrogens is 567 g/mol. The number of nitrogens with one attached hydrogen (secondary N) is 1. The predicted octanol–water partition coefficient (Wildman–Crippen LogP) is 5.12. The molecule has 1 aliphatic carbocycles. The number of piperazine rings is 1. The molecule has 7 rings (SSSR count). The molecule has 0 bridgehead atoms. The molecule has 0 radical (unpaired) electrons. The van der Waals surface area contributed by atoms with Gasteiger partial charge in [-0.15, -0.1) is 0 Å². The number of nitrogens with zero attached hydrogens (tertiary/aromatic N) is 7. The third-order valence-corrected chi connectivity index (χ3v) is 9.59. The second-order valence-electron chi connectivity index (χ2n) is 12.4. The Bertz CT molecular complexity index is 1780. The van der Waals surface area contributed by atoms with Crippen molar-refractivity contribution in [2.24, 2.45) is 0 Å². The predicted molar refractivity (Wildman–Crippen MR) is 170 cm³/mol. The van der Waals surface area contributed by atoms with Gasteiger partial charge < -0.3 is 19.6 Å². The van der Waals surface area contributed by atoms with Gasteiger partial charge in [-0.25, -0.2) is 9.37 Å². The molecule has 2 aliphatic heterocycles. The number of benzene rings is 2. The summed E-state index contributed by atoms with van der Waals surface area (Å²) in [6, 6.07) is 6.10. The maximum absolute atomic E-state index is 17.1. The molecule has 2 aromatic heterocycles. The van der Waals surface area contributed by atoms with Gasteiger partial charge in [0.1, 0.15) is 11.3 Å². The number of fused-ring (bicyclic) bond motifs is 2. The van der Waals surface area contributed by atoms with E-state index in [-0.39, 0.29) is 17.5 Å². The lowest BCUT2D eigenvalue weighted by molar-refractivity contribution is -0.128. The van der Waals surface area contributed by atoms with E-state index in [1.807, 2.05) is 36.9 Å². The smallest absolute Gasteiger partial charge is 0.246 e. The van der Waals surface area contributed by atoms with Crippen LogP contribution in [0.4, 0.5) is 16.2 Å². The van der Waals surface area contributed by atoms with Crippen LogP contribution >= 0.6 is 11.6 Å². The van der Waals surface area contributed by atoms with Crippen molar-refractivity contribution in [3.05, 3.63) is 53.0 Å². The van der Waals surface area contributed by atoms with Gasteiger partial charge in [0.15, 0.2) is 5.82 Å². The fourth-order valence-corrected chi connectivity index (χ4v) is 6.82. The lowest BCUT2D eigenvalue weighted by Crippen LogP contribution is -2.58. The van der Waals surface area contributed by atoms with E-state index in [0.717, 1.165) is 53.7 Å². The molecule has 2 aromatic carbocycles. The summed E-state index contributed by atoms with van der Waals surface area (Å²) < 4.78 is 17.1.